The van der Waals surface area contributed by atoms with Crippen molar-refractivity contribution in [2.24, 2.45) is 4.99 Å². The standard InChI is InChI=1S/C13H14N2O.C11H17NS.C5H10O/c1-14-11-15-13-9-7-5-3-2-4-6-8-12(13)10-16;1-3-5-6-10-7-8-11(12-9-10)13-4-2;1-2-4-6-5-3-1/h2-11H,1H3,(H,14,15);7-9H,3-6H2,1-2H3;1-5H2. The van der Waals surface area contributed by atoms with E-state index < -0.39 is 0 Å². The molecular weight excluding hydrogens is 454 g/mol. The lowest BCUT2D eigenvalue weighted by molar-refractivity contribution is 0.0968. The minimum absolute atomic E-state index is 0.580. The van der Waals surface area contributed by atoms with Crippen LogP contribution in [0.2, 0.25) is 0 Å². The first-order chi connectivity index (χ1) is 17.2. The number of ether oxygens (including phenoxy) is 1. The summed E-state index contributed by atoms with van der Waals surface area (Å²) in [5.74, 6) is 1.10. The molecule has 5 nitrogen and oxygen atoms in total. The van der Waals surface area contributed by atoms with E-state index in [2.05, 4.69) is 41.3 Å². The summed E-state index contributed by atoms with van der Waals surface area (Å²) in [6.45, 7) is 6.37. The molecule has 1 aliphatic rings. The van der Waals surface area contributed by atoms with Crippen LogP contribution in [0.5, 0.6) is 0 Å². The predicted octanol–water partition coefficient (Wildman–Crippen LogP) is 7.42. The summed E-state index contributed by atoms with van der Waals surface area (Å²) in [5, 5.41) is 4.09. The molecule has 3 rings (SSSR count). The van der Waals surface area contributed by atoms with Crippen molar-refractivity contribution in [2.75, 3.05) is 31.3 Å². The minimum atomic E-state index is 0.580. The number of carbonyl (C=O) groups excluding carboxylic acids is 1. The van der Waals surface area contributed by atoms with Crippen molar-refractivity contribution < 1.29 is 9.53 Å². The van der Waals surface area contributed by atoms with Crippen LogP contribution in [0.1, 0.15) is 61.9 Å². The first-order valence-corrected chi connectivity index (χ1v) is 13.4. The van der Waals surface area contributed by atoms with E-state index in [0.717, 1.165) is 36.0 Å². The van der Waals surface area contributed by atoms with Crippen LogP contribution in [0.15, 0.2) is 76.9 Å². The van der Waals surface area contributed by atoms with Gasteiger partial charge in [0.15, 0.2) is 6.29 Å². The Hall–Kier alpha value is -2.70. The van der Waals surface area contributed by atoms with Crippen LogP contribution in [0.4, 0.5) is 5.69 Å². The van der Waals surface area contributed by atoms with Gasteiger partial charge in [0.1, 0.15) is 0 Å². The van der Waals surface area contributed by atoms with Gasteiger partial charge in [-0.3, -0.25) is 9.79 Å². The highest BCUT2D eigenvalue weighted by Gasteiger charge is 1.96. The molecule has 0 amide bonds. The van der Waals surface area contributed by atoms with E-state index in [1.54, 1.807) is 31.2 Å². The molecule has 0 aliphatic carbocycles. The van der Waals surface area contributed by atoms with Crippen LogP contribution in [0.25, 0.3) is 0 Å². The van der Waals surface area contributed by atoms with Crippen molar-refractivity contribution in [3.63, 3.8) is 0 Å². The third-order valence-electron chi connectivity index (χ3n) is 4.87. The number of pyridine rings is 1. The lowest BCUT2D eigenvalue weighted by atomic mass is 10.1. The van der Waals surface area contributed by atoms with Crippen LogP contribution in [0.3, 0.4) is 0 Å². The maximum absolute atomic E-state index is 10.9. The van der Waals surface area contributed by atoms with Crippen LogP contribution in [-0.2, 0) is 11.2 Å². The second-order valence-electron chi connectivity index (χ2n) is 7.72. The number of hydrogen-bond donors (Lipinski definition) is 1. The maximum Gasteiger partial charge on any atom is 0.152 e. The van der Waals surface area contributed by atoms with E-state index in [-0.39, 0.29) is 0 Å². The summed E-state index contributed by atoms with van der Waals surface area (Å²) in [4.78, 5) is 19.1. The lowest BCUT2D eigenvalue weighted by Crippen LogP contribution is -2.03. The number of aliphatic imine (C=N–C) groups is 1. The van der Waals surface area contributed by atoms with E-state index >= 15 is 0 Å². The highest BCUT2D eigenvalue weighted by Crippen LogP contribution is 2.15. The number of thioether (sulfide) groups is 1. The topological polar surface area (TPSA) is 63.6 Å². The molecule has 1 N–H and O–H groups in total. The number of anilines is 1. The average molecular weight is 496 g/mol. The van der Waals surface area contributed by atoms with Crippen LogP contribution in [-0.4, -0.2) is 43.6 Å². The molecule has 1 fully saturated rings. The van der Waals surface area contributed by atoms with Crippen molar-refractivity contribution in [3.8, 4) is 0 Å². The van der Waals surface area contributed by atoms with Gasteiger partial charge < -0.3 is 10.1 Å². The molecule has 0 bridgehead atoms. The van der Waals surface area contributed by atoms with E-state index in [0.29, 0.717) is 5.56 Å². The summed E-state index contributed by atoms with van der Waals surface area (Å²) in [6.07, 6.45) is 12.0. The van der Waals surface area contributed by atoms with Gasteiger partial charge in [0, 0.05) is 37.7 Å². The molecule has 190 valence electrons. The Morgan fingerprint density at radius 3 is 2.23 bits per heavy atom. The second kappa shape index (κ2) is 21.8. The molecule has 2 aromatic rings. The van der Waals surface area contributed by atoms with Gasteiger partial charge in [0.05, 0.1) is 11.4 Å². The zero-order valence-electron chi connectivity index (χ0n) is 21.5. The third kappa shape index (κ3) is 15.8. The number of rotatable bonds is 8. The van der Waals surface area contributed by atoms with Gasteiger partial charge in [-0.2, -0.15) is 0 Å². The fourth-order valence-corrected chi connectivity index (χ4v) is 3.57. The molecule has 0 spiro atoms. The van der Waals surface area contributed by atoms with Crippen LogP contribution < -0.4 is 5.32 Å². The van der Waals surface area contributed by atoms with E-state index in [9.17, 15) is 4.79 Å². The number of aldehydes is 1. The summed E-state index contributed by atoms with van der Waals surface area (Å²) in [7, 11) is 1.66. The number of nitrogens with zero attached hydrogens (tertiary/aromatic N) is 2. The zero-order valence-corrected chi connectivity index (χ0v) is 22.3. The number of nitrogens with one attached hydrogen (secondary N) is 1. The monoisotopic (exact) mass is 495 g/mol. The molecule has 1 saturated heterocycles. The van der Waals surface area contributed by atoms with Crippen LogP contribution in [0, 0.1) is 0 Å². The molecule has 6 heteroatoms. The Labute approximate surface area is 216 Å². The molecule has 1 aromatic carbocycles. The van der Waals surface area contributed by atoms with Crippen molar-refractivity contribution in [2.45, 2.75) is 57.4 Å². The molecule has 1 aromatic heterocycles. The highest BCUT2D eigenvalue weighted by atomic mass is 32.2. The fraction of sp³-hybridized carbons (Fsp3) is 0.414. The van der Waals surface area contributed by atoms with Crippen molar-refractivity contribution in [1.82, 2.24) is 4.98 Å². The van der Waals surface area contributed by atoms with E-state index in [1.807, 2.05) is 48.7 Å². The van der Waals surface area contributed by atoms with Crippen molar-refractivity contribution in [3.05, 3.63) is 78.0 Å². The SMILES string of the molecule is C1CCOCC1.CCCCc1ccc(SCC)nc1.CN=CNc1ccccccccc1C=O. The maximum atomic E-state index is 10.9. The number of hydrogen-bond acceptors (Lipinski definition) is 5. The summed E-state index contributed by atoms with van der Waals surface area (Å²) >= 11 is 1.80. The van der Waals surface area contributed by atoms with Gasteiger partial charge in [0.25, 0.3) is 0 Å². The molecule has 0 atom stereocenters. The molecule has 0 saturated carbocycles. The number of carbonyl (C=O) groups is 1. The molecule has 0 radical (unpaired) electrons. The van der Waals surface area contributed by atoms with Crippen LogP contribution >= 0.6 is 11.8 Å². The quantitative estimate of drug-likeness (QED) is 0.179. The zero-order chi connectivity index (χ0) is 25.4. The molecule has 1 aliphatic heterocycles. The third-order valence-corrected chi connectivity index (χ3v) is 5.69. The Balaban J connectivity index is 0.000000287. The number of aromatic nitrogens is 1. The Kier molecular flexibility index (Phi) is 18.9. The Morgan fingerprint density at radius 1 is 1.00 bits per heavy atom. The second-order valence-corrected chi connectivity index (χ2v) is 9.01. The summed E-state index contributed by atoms with van der Waals surface area (Å²) < 4.78 is 5.07. The largest absolute Gasteiger partial charge is 0.381 e. The Bertz CT molecular complexity index is 871. The predicted molar refractivity (Wildman–Crippen MR) is 151 cm³/mol. The van der Waals surface area contributed by atoms with Gasteiger partial charge >= 0.3 is 0 Å². The van der Waals surface area contributed by atoms with E-state index in [1.165, 1.54) is 44.1 Å². The summed E-state index contributed by atoms with van der Waals surface area (Å²) in [5.41, 5.74) is 2.66. The first kappa shape index (κ1) is 30.3. The minimum Gasteiger partial charge on any atom is -0.381 e. The molecule has 0 unspecified atom stereocenters. The highest BCUT2D eigenvalue weighted by molar-refractivity contribution is 7.99. The Morgan fingerprint density at radius 2 is 1.71 bits per heavy atom. The summed E-state index contributed by atoms with van der Waals surface area (Å²) in [6, 6.07) is 19.1. The number of unbranched alkanes of at least 4 members (excludes halogenated alkanes) is 1. The number of aryl methyl sites for hydroxylation is 1. The van der Waals surface area contributed by atoms with Gasteiger partial charge in [-0.05, 0) is 61.6 Å². The normalized spacial score (nSPS) is 12.3. The molecular formula is C29H41N3O2S. The van der Waals surface area contributed by atoms with Gasteiger partial charge in [0.2, 0.25) is 0 Å². The fourth-order valence-electron chi connectivity index (χ4n) is 2.98. The average Bonchev–Trinajstić information content (AvgIpc) is 2.92. The van der Waals surface area contributed by atoms with Crippen molar-refractivity contribution in [1.29, 1.82) is 0 Å². The molecule has 2 heterocycles. The smallest absolute Gasteiger partial charge is 0.152 e. The lowest BCUT2D eigenvalue weighted by Gasteiger charge is -2.08. The first-order valence-electron chi connectivity index (χ1n) is 12.4. The van der Waals surface area contributed by atoms with E-state index in [4.69, 9.17) is 4.74 Å². The van der Waals surface area contributed by atoms with Gasteiger partial charge in [-0.1, -0.05) is 62.7 Å². The molecule has 35 heavy (non-hydrogen) atoms. The van der Waals surface area contributed by atoms with Gasteiger partial charge in [-0.15, -0.1) is 11.8 Å². The van der Waals surface area contributed by atoms with Gasteiger partial charge in [-0.25, -0.2) is 4.98 Å². The van der Waals surface area contributed by atoms with Crippen molar-refractivity contribution >= 4 is 30.1 Å².